The zero-order valence-corrected chi connectivity index (χ0v) is 13.7. The molecule has 0 fully saturated rings. The fourth-order valence-electron chi connectivity index (χ4n) is 2.22. The molecule has 24 heavy (non-hydrogen) atoms. The Morgan fingerprint density at radius 2 is 2.00 bits per heavy atom. The lowest BCUT2D eigenvalue weighted by Gasteiger charge is -1.99. The van der Waals surface area contributed by atoms with Crippen LogP contribution in [0.15, 0.2) is 58.7 Å². The summed E-state index contributed by atoms with van der Waals surface area (Å²) in [7, 11) is 1.61. The van der Waals surface area contributed by atoms with Gasteiger partial charge in [-0.05, 0) is 42.0 Å². The maximum absolute atomic E-state index is 11.1. The van der Waals surface area contributed by atoms with Crippen LogP contribution in [0.4, 0.5) is 0 Å². The summed E-state index contributed by atoms with van der Waals surface area (Å²) in [6.07, 6.45) is 1.62. The topological polar surface area (TPSA) is 76.2 Å². The lowest BCUT2D eigenvalue weighted by molar-refractivity contribution is -0.137. The number of thiazole rings is 1. The van der Waals surface area contributed by atoms with Gasteiger partial charge in [-0.2, -0.15) is 5.10 Å². The summed E-state index contributed by atoms with van der Waals surface area (Å²) < 4.78 is 7.72. The zero-order valence-electron chi connectivity index (χ0n) is 12.9. The molecule has 1 N–H and O–H groups in total. The molecule has 6 nitrogen and oxygen atoms in total. The van der Waals surface area contributed by atoms with Crippen LogP contribution in [0.2, 0.25) is 0 Å². The molecule has 0 aliphatic heterocycles. The lowest BCUT2D eigenvalue weighted by atomic mass is 10.2. The first-order chi connectivity index (χ1) is 11.7. The van der Waals surface area contributed by atoms with Gasteiger partial charge in [0, 0.05) is 0 Å². The summed E-state index contributed by atoms with van der Waals surface area (Å²) in [6, 6.07) is 15.0. The second-order valence-corrected chi connectivity index (χ2v) is 5.96. The Morgan fingerprint density at radius 1 is 1.25 bits per heavy atom. The highest BCUT2D eigenvalue weighted by Gasteiger charge is 2.08. The van der Waals surface area contributed by atoms with Gasteiger partial charge < -0.3 is 14.4 Å². The van der Waals surface area contributed by atoms with Gasteiger partial charge in [-0.3, -0.25) is 4.79 Å². The van der Waals surface area contributed by atoms with Crippen LogP contribution in [0.3, 0.4) is 0 Å². The molecule has 0 radical (unpaired) electrons. The molecule has 0 saturated carbocycles. The first-order valence-corrected chi connectivity index (χ1v) is 8.00. The molecule has 0 amide bonds. The molecule has 3 rings (SSSR count). The Morgan fingerprint density at radius 3 is 2.71 bits per heavy atom. The molecule has 0 aliphatic carbocycles. The van der Waals surface area contributed by atoms with Gasteiger partial charge in [-0.15, -0.1) is 5.10 Å². The number of aromatic nitrogens is 1. The number of rotatable bonds is 5. The van der Waals surface area contributed by atoms with Gasteiger partial charge in [0.25, 0.3) is 0 Å². The summed E-state index contributed by atoms with van der Waals surface area (Å²) in [5.41, 5.74) is 1.72. The molecule has 3 aromatic rings. The third kappa shape index (κ3) is 3.52. The molecule has 1 heterocycles. The smallest absolute Gasteiger partial charge is 0.323 e. The fraction of sp³-hybridized carbons (Fsp3) is 0.118. The molecule has 0 unspecified atom stereocenters. The normalized spacial score (nSPS) is 12.1. The van der Waals surface area contributed by atoms with E-state index in [1.807, 2.05) is 48.5 Å². The van der Waals surface area contributed by atoms with E-state index in [0.29, 0.717) is 4.80 Å². The average Bonchev–Trinajstić information content (AvgIpc) is 2.93. The number of methoxy groups -OCH3 is 1. The van der Waals surface area contributed by atoms with Crippen LogP contribution >= 0.6 is 11.3 Å². The van der Waals surface area contributed by atoms with Gasteiger partial charge in [0.15, 0.2) is 0 Å². The van der Waals surface area contributed by atoms with Gasteiger partial charge in [0.1, 0.15) is 12.3 Å². The first-order valence-electron chi connectivity index (χ1n) is 7.18. The van der Waals surface area contributed by atoms with Crippen LogP contribution in [-0.2, 0) is 11.3 Å². The van der Waals surface area contributed by atoms with Crippen LogP contribution in [0.5, 0.6) is 5.75 Å². The van der Waals surface area contributed by atoms with Crippen molar-refractivity contribution in [3.63, 3.8) is 0 Å². The highest BCUT2D eigenvalue weighted by Crippen LogP contribution is 2.16. The largest absolute Gasteiger partial charge is 0.497 e. The second kappa shape index (κ2) is 7.10. The fourth-order valence-corrected chi connectivity index (χ4v) is 3.21. The SMILES string of the molecule is COc1ccc(C=NN=c2sc3ccccc3n2CC(=O)O)cc1. The maximum Gasteiger partial charge on any atom is 0.323 e. The minimum Gasteiger partial charge on any atom is -0.497 e. The number of carboxylic acid groups (broad SMARTS) is 1. The van der Waals surface area contributed by atoms with E-state index in [1.165, 1.54) is 11.3 Å². The van der Waals surface area contributed by atoms with Crippen LogP contribution in [0.25, 0.3) is 10.2 Å². The first kappa shape index (κ1) is 15.9. The molecule has 0 spiro atoms. The number of fused-ring (bicyclic) bond motifs is 1. The van der Waals surface area contributed by atoms with Crippen molar-refractivity contribution < 1.29 is 14.6 Å². The van der Waals surface area contributed by atoms with E-state index in [0.717, 1.165) is 21.5 Å². The number of aliphatic carboxylic acids is 1. The van der Waals surface area contributed by atoms with E-state index in [2.05, 4.69) is 10.2 Å². The lowest BCUT2D eigenvalue weighted by Crippen LogP contribution is -2.19. The van der Waals surface area contributed by atoms with Gasteiger partial charge in [-0.25, -0.2) is 0 Å². The Kier molecular flexibility index (Phi) is 4.72. The van der Waals surface area contributed by atoms with Crippen molar-refractivity contribution in [3.8, 4) is 5.75 Å². The van der Waals surface area contributed by atoms with Crippen molar-refractivity contribution in [3.05, 3.63) is 58.9 Å². The van der Waals surface area contributed by atoms with Crippen LogP contribution in [0.1, 0.15) is 5.56 Å². The minimum absolute atomic E-state index is 0.152. The number of hydrogen-bond donors (Lipinski definition) is 1. The Bertz CT molecular complexity index is 955. The number of para-hydroxylation sites is 1. The van der Waals surface area contributed by atoms with Crippen molar-refractivity contribution >= 4 is 33.7 Å². The van der Waals surface area contributed by atoms with Crippen molar-refractivity contribution in [2.75, 3.05) is 7.11 Å². The molecule has 0 atom stereocenters. The van der Waals surface area contributed by atoms with Crippen LogP contribution < -0.4 is 9.54 Å². The summed E-state index contributed by atoms with van der Waals surface area (Å²) in [6.45, 7) is -0.152. The van der Waals surface area contributed by atoms with E-state index < -0.39 is 5.97 Å². The van der Waals surface area contributed by atoms with Gasteiger partial charge >= 0.3 is 5.97 Å². The summed E-state index contributed by atoms with van der Waals surface area (Å²) in [4.78, 5) is 11.7. The number of hydrogen-bond acceptors (Lipinski definition) is 5. The van der Waals surface area contributed by atoms with E-state index >= 15 is 0 Å². The predicted molar refractivity (Wildman–Crippen MR) is 93.6 cm³/mol. The molecule has 7 heteroatoms. The molecule has 1 aromatic heterocycles. The summed E-state index contributed by atoms with van der Waals surface area (Å²) in [5.74, 6) is -0.146. The van der Waals surface area contributed by atoms with Crippen molar-refractivity contribution in [1.29, 1.82) is 0 Å². The number of carbonyl (C=O) groups is 1. The zero-order chi connectivity index (χ0) is 16.9. The second-order valence-electron chi connectivity index (χ2n) is 4.95. The number of nitrogens with zero attached hydrogens (tertiary/aromatic N) is 3. The summed E-state index contributed by atoms with van der Waals surface area (Å²) >= 11 is 1.41. The highest BCUT2D eigenvalue weighted by atomic mass is 32.1. The molecule has 0 bridgehead atoms. The third-order valence-electron chi connectivity index (χ3n) is 3.35. The van der Waals surface area contributed by atoms with E-state index in [-0.39, 0.29) is 6.54 Å². The number of ether oxygens (including phenoxy) is 1. The summed E-state index contributed by atoms with van der Waals surface area (Å²) in [5, 5.41) is 17.4. The van der Waals surface area contributed by atoms with Gasteiger partial charge in [0.05, 0.1) is 23.5 Å². The molecule has 2 aromatic carbocycles. The Labute approximate surface area is 142 Å². The Hall–Kier alpha value is -2.93. The average molecular weight is 341 g/mol. The quantitative estimate of drug-likeness (QED) is 0.573. The minimum atomic E-state index is -0.917. The number of carboxylic acids is 1. The monoisotopic (exact) mass is 341 g/mol. The third-order valence-corrected chi connectivity index (χ3v) is 4.40. The van der Waals surface area contributed by atoms with Crippen LogP contribution in [-0.4, -0.2) is 29.0 Å². The van der Waals surface area contributed by atoms with Crippen LogP contribution in [0, 0.1) is 0 Å². The Balaban J connectivity index is 1.96. The standard InChI is InChI=1S/C17H15N3O3S/c1-23-13-8-6-12(7-9-13)10-18-19-17-20(11-16(21)22)14-4-2-3-5-15(14)24-17/h2-10H,11H2,1H3,(H,21,22). The molecule has 0 saturated heterocycles. The van der Waals surface area contributed by atoms with Crippen molar-refractivity contribution in [2.24, 2.45) is 10.2 Å². The predicted octanol–water partition coefficient (Wildman–Crippen LogP) is 2.73. The van der Waals surface area contributed by atoms with Gasteiger partial charge in [-0.1, -0.05) is 23.5 Å². The van der Waals surface area contributed by atoms with Crippen molar-refractivity contribution in [1.82, 2.24) is 4.57 Å². The van der Waals surface area contributed by atoms with Gasteiger partial charge in [0.2, 0.25) is 4.80 Å². The van der Waals surface area contributed by atoms with E-state index in [4.69, 9.17) is 9.84 Å². The maximum atomic E-state index is 11.1. The molecule has 122 valence electrons. The molecule has 0 aliphatic rings. The molecular formula is C17H15N3O3S. The number of benzene rings is 2. The van der Waals surface area contributed by atoms with Crippen molar-refractivity contribution in [2.45, 2.75) is 6.54 Å². The highest BCUT2D eigenvalue weighted by molar-refractivity contribution is 7.16. The van der Waals surface area contributed by atoms with E-state index in [9.17, 15) is 4.79 Å². The molecular weight excluding hydrogens is 326 g/mol. The van der Waals surface area contributed by atoms with E-state index in [1.54, 1.807) is 17.9 Å².